The standard InChI is InChI=1S/C26H29N3O6/c1-35-26(33)22(29-24(31)19-8-5-6-9-20(19)25(29)32)14-17-15-27-21-13-16(11-12-18(17)21)7-3-2-4-10-23(30)28-34/h5-6,8-9,11-13,17,22,27,34H,2-4,7,10,14-15H2,1H3,(H,28,30)/t17?,22-/m0/s1. The molecule has 0 fully saturated rings. The molecule has 9 heteroatoms. The first-order valence-corrected chi connectivity index (χ1v) is 11.8. The van der Waals surface area contributed by atoms with Crippen LogP contribution < -0.4 is 10.8 Å². The van der Waals surface area contributed by atoms with E-state index in [1.165, 1.54) is 7.11 Å². The summed E-state index contributed by atoms with van der Waals surface area (Å²) < 4.78 is 4.98. The Balaban J connectivity index is 1.43. The number of anilines is 1. The molecule has 184 valence electrons. The van der Waals surface area contributed by atoms with E-state index in [2.05, 4.69) is 17.4 Å². The number of carbonyl (C=O) groups excluding carboxylic acids is 4. The smallest absolute Gasteiger partial charge is 0.329 e. The minimum atomic E-state index is -1.01. The maximum atomic E-state index is 13.0. The Bertz CT molecular complexity index is 1110. The molecule has 0 spiro atoms. The van der Waals surface area contributed by atoms with E-state index in [0.717, 1.165) is 41.0 Å². The first-order chi connectivity index (χ1) is 16.9. The van der Waals surface area contributed by atoms with E-state index in [-0.39, 0.29) is 18.2 Å². The molecule has 0 saturated carbocycles. The summed E-state index contributed by atoms with van der Waals surface area (Å²) in [5.41, 5.74) is 5.43. The van der Waals surface area contributed by atoms with Gasteiger partial charge >= 0.3 is 5.97 Å². The second-order valence-corrected chi connectivity index (χ2v) is 8.90. The lowest BCUT2D eigenvalue weighted by Crippen LogP contribution is -2.46. The predicted molar refractivity (Wildman–Crippen MR) is 127 cm³/mol. The van der Waals surface area contributed by atoms with Gasteiger partial charge in [-0.25, -0.2) is 10.3 Å². The fourth-order valence-corrected chi connectivity index (χ4v) is 4.87. The van der Waals surface area contributed by atoms with E-state index in [0.29, 0.717) is 30.5 Å². The number of esters is 1. The average Bonchev–Trinajstić information content (AvgIpc) is 3.39. The molecule has 3 amide bonds. The van der Waals surface area contributed by atoms with Crippen molar-refractivity contribution in [1.82, 2.24) is 10.4 Å². The zero-order chi connectivity index (χ0) is 24.9. The molecule has 1 unspecified atom stereocenters. The fourth-order valence-electron chi connectivity index (χ4n) is 4.87. The van der Waals surface area contributed by atoms with Crippen molar-refractivity contribution in [3.05, 3.63) is 64.7 Å². The quantitative estimate of drug-likeness (QED) is 0.157. The zero-order valence-corrected chi connectivity index (χ0v) is 19.6. The number of nitrogens with one attached hydrogen (secondary N) is 2. The fraction of sp³-hybridized carbons (Fsp3) is 0.385. The number of aryl methyl sites for hydroxylation is 1. The molecule has 3 N–H and O–H groups in total. The SMILES string of the molecule is COC(=O)[C@H](CC1CNc2cc(CCCCCC(=O)NO)ccc21)N1C(=O)c2ccccc2C1=O. The molecule has 2 atom stereocenters. The van der Waals surface area contributed by atoms with E-state index in [9.17, 15) is 19.2 Å². The molecule has 35 heavy (non-hydrogen) atoms. The number of ether oxygens (including phenoxy) is 1. The number of hydrogen-bond acceptors (Lipinski definition) is 7. The minimum absolute atomic E-state index is 0.0653. The molecule has 0 aromatic heterocycles. The molecule has 2 aromatic carbocycles. The van der Waals surface area contributed by atoms with Crippen molar-refractivity contribution in [2.75, 3.05) is 19.0 Å². The number of unbranched alkanes of at least 4 members (excludes halogenated alkanes) is 2. The maximum absolute atomic E-state index is 13.0. The van der Waals surface area contributed by atoms with Gasteiger partial charge in [0, 0.05) is 24.6 Å². The maximum Gasteiger partial charge on any atom is 0.329 e. The van der Waals surface area contributed by atoms with Gasteiger partial charge in [0.2, 0.25) is 5.91 Å². The van der Waals surface area contributed by atoms with Gasteiger partial charge in [-0.15, -0.1) is 0 Å². The molecule has 0 radical (unpaired) electrons. The van der Waals surface area contributed by atoms with Crippen molar-refractivity contribution in [1.29, 1.82) is 0 Å². The van der Waals surface area contributed by atoms with Gasteiger partial charge in [0.1, 0.15) is 6.04 Å². The number of benzene rings is 2. The summed E-state index contributed by atoms with van der Waals surface area (Å²) >= 11 is 0. The van der Waals surface area contributed by atoms with Crippen LogP contribution in [0.25, 0.3) is 0 Å². The van der Waals surface area contributed by atoms with Crippen molar-refractivity contribution in [2.24, 2.45) is 0 Å². The molecule has 0 aliphatic carbocycles. The minimum Gasteiger partial charge on any atom is -0.467 e. The van der Waals surface area contributed by atoms with Crippen LogP contribution in [0.15, 0.2) is 42.5 Å². The number of hydrogen-bond donors (Lipinski definition) is 3. The molecular weight excluding hydrogens is 450 g/mol. The van der Waals surface area contributed by atoms with E-state index in [1.54, 1.807) is 29.7 Å². The normalized spacial score (nSPS) is 17.0. The highest BCUT2D eigenvalue weighted by molar-refractivity contribution is 6.22. The highest BCUT2D eigenvalue weighted by atomic mass is 16.5. The van der Waals surface area contributed by atoms with Crippen LogP contribution in [0.4, 0.5) is 5.69 Å². The molecule has 2 aliphatic rings. The molecule has 2 heterocycles. The van der Waals surface area contributed by atoms with Gasteiger partial charge < -0.3 is 10.1 Å². The third-order valence-corrected chi connectivity index (χ3v) is 6.71. The predicted octanol–water partition coefficient (Wildman–Crippen LogP) is 3.03. The van der Waals surface area contributed by atoms with Crippen LogP contribution in [0.5, 0.6) is 0 Å². The number of methoxy groups -OCH3 is 1. The van der Waals surface area contributed by atoms with E-state index in [1.807, 2.05) is 6.07 Å². The van der Waals surface area contributed by atoms with Crippen LogP contribution in [-0.4, -0.2) is 53.5 Å². The number of nitrogens with zero attached hydrogens (tertiary/aromatic N) is 1. The largest absolute Gasteiger partial charge is 0.467 e. The Labute approximate surface area is 203 Å². The van der Waals surface area contributed by atoms with Crippen molar-refractivity contribution in [2.45, 2.75) is 50.5 Å². The highest BCUT2D eigenvalue weighted by Crippen LogP contribution is 2.37. The van der Waals surface area contributed by atoms with Gasteiger partial charge in [0.05, 0.1) is 18.2 Å². The van der Waals surface area contributed by atoms with Crippen LogP contribution in [0.2, 0.25) is 0 Å². The Morgan fingerprint density at radius 1 is 1.11 bits per heavy atom. The zero-order valence-electron chi connectivity index (χ0n) is 19.6. The summed E-state index contributed by atoms with van der Waals surface area (Å²) in [6.45, 7) is 0.589. The lowest BCUT2D eigenvalue weighted by molar-refractivity contribution is -0.145. The second-order valence-electron chi connectivity index (χ2n) is 8.90. The van der Waals surface area contributed by atoms with E-state index in [4.69, 9.17) is 9.94 Å². The first kappa shape index (κ1) is 24.4. The number of hydroxylamine groups is 1. The molecular formula is C26H29N3O6. The van der Waals surface area contributed by atoms with Crippen molar-refractivity contribution in [3.63, 3.8) is 0 Å². The average molecular weight is 480 g/mol. The molecule has 0 bridgehead atoms. The van der Waals surface area contributed by atoms with Gasteiger partial charge in [0.25, 0.3) is 11.8 Å². The Morgan fingerprint density at radius 2 is 1.83 bits per heavy atom. The van der Waals surface area contributed by atoms with Crippen molar-refractivity contribution in [3.8, 4) is 0 Å². The van der Waals surface area contributed by atoms with E-state index >= 15 is 0 Å². The van der Waals surface area contributed by atoms with Crippen LogP contribution in [0.1, 0.15) is 69.9 Å². The van der Waals surface area contributed by atoms with Crippen LogP contribution in [0.3, 0.4) is 0 Å². The number of rotatable bonds is 10. The van der Waals surface area contributed by atoms with Crippen molar-refractivity contribution < 1.29 is 29.1 Å². The van der Waals surface area contributed by atoms with Gasteiger partial charge in [-0.3, -0.25) is 24.5 Å². The van der Waals surface area contributed by atoms with Crippen LogP contribution >= 0.6 is 0 Å². The Morgan fingerprint density at radius 3 is 2.49 bits per heavy atom. The van der Waals surface area contributed by atoms with E-state index < -0.39 is 23.8 Å². The molecule has 4 rings (SSSR count). The summed E-state index contributed by atoms with van der Waals surface area (Å²) in [7, 11) is 1.26. The third-order valence-electron chi connectivity index (χ3n) is 6.71. The topological polar surface area (TPSA) is 125 Å². The summed E-state index contributed by atoms with van der Waals surface area (Å²) in [6, 6.07) is 11.7. The number of fused-ring (bicyclic) bond motifs is 2. The summed E-state index contributed by atoms with van der Waals surface area (Å²) in [5, 5.41) is 11.9. The number of carbonyl (C=O) groups is 4. The molecule has 2 aromatic rings. The monoisotopic (exact) mass is 479 g/mol. The van der Waals surface area contributed by atoms with Gasteiger partial charge in [-0.2, -0.15) is 0 Å². The molecule has 9 nitrogen and oxygen atoms in total. The first-order valence-electron chi connectivity index (χ1n) is 11.8. The molecule has 2 aliphatic heterocycles. The van der Waals surface area contributed by atoms with Crippen LogP contribution in [-0.2, 0) is 20.7 Å². The highest BCUT2D eigenvalue weighted by Gasteiger charge is 2.44. The van der Waals surface area contributed by atoms with Crippen LogP contribution in [0, 0.1) is 0 Å². The lowest BCUT2D eigenvalue weighted by atomic mass is 9.92. The Kier molecular flexibility index (Phi) is 7.45. The van der Waals surface area contributed by atoms with Gasteiger partial charge in [-0.05, 0) is 55.0 Å². The van der Waals surface area contributed by atoms with Gasteiger partial charge in [0.15, 0.2) is 0 Å². The molecule has 0 saturated heterocycles. The lowest BCUT2D eigenvalue weighted by Gasteiger charge is -2.26. The summed E-state index contributed by atoms with van der Waals surface area (Å²) in [5.74, 6) is -1.99. The Hall–Kier alpha value is -3.72. The number of amides is 3. The third kappa shape index (κ3) is 5.05. The summed E-state index contributed by atoms with van der Waals surface area (Å²) in [6.07, 6.45) is 3.94. The van der Waals surface area contributed by atoms with Gasteiger partial charge in [-0.1, -0.05) is 30.7 Å². The number of imide groups is 1. The second kappa shape index (κ2) is 10.7. The summed E-state index contributed by atoms with van der Waals surface area (Å²) in [4.78, 5) is 50.8. The van der Waals surface area contributed by atoms with Crippen molar-refractivity contribution >= 4 is 29.4 Å².